The second-order valence-corrected chi connectivity index (χ2v) is 5.06. The molecule has 1 N–H and O–H groups in total. The molecule has 2 aliphatic rings. The summed E-state index contributed by atoms with van der Waals surface area (Å²) in [6, 6.07) is 0.619. The Kier molecular flexibility index (Phi) is 2.28. The number of rotatable bonds is 3. The summed E-state index contributed by atoms with van der Waals surface area (Å²) < 4.78 is 0. The molecule has 1 aromatic heterocycles. The zero-order valence-electron chi connectivity index (χ0n) is 9.37. The van der Waals surface area contributed by atoms with Crippen LogP contribution in [0.25, 0.3) is 0 Å². The summed E-state index contributed by atoms with van der Waals surface area (Å²) in [7, 11) is 0. The van der Waals surface area contributed by atoms with Gasteiger partial charge in [-0.05, 0) is 50.6 Å². The fourth-order valence-corrected chi connectivity index (χ4v) is 2.70. The first kappa shape index (κ1) is 9.40. The van der Waals surface area contributed by atoms with E-state index in [0.29, 0.717) is 6.04 Å². The summed E-state index contributed by atoms with van der Waals surface area (Å²) in [5.41, 5.74) is 2.68. The number of aryl methyl sites for hydroxylation is 1. The molecule has 0 spiro atoms. The molecule has 1 atom stereocenters. The van der Waals surface area contributed by atoms with E-state index in [2.05, 4.69) is 22.0 Å². The maximum atomic E-state index is 4.14. The molecule has 15 heavy (non-hydrogen) atoms. The summed E-state index contributed by atoms with van der Waals surface area (Å²) in [6.45, 7) is 4.75. The van der Waals surface area contributed by atoms with Gasteiger partial charge in [0.25, 0.3) is 0 Å². The lowest BCUT2D eigenvalue weighted by Gasteiger charge is -2.23. The van der Waals surface area contributed by atoms with E-state index in [1.807, 2.05) is 6.20 Å². The molecule has 1 unspecified atom stereocenters. The van der Waals surface area contributed by atoms with Crippen molar-refractivity contribution in [3.05, 3.63) is 17.5 Å². The number of likely N-dealkylation sites (tertiary alicyclic amines) is 1. The van der Waals surface area contributed by atoms with E-state index in [1.165, 1.54) is 50.0 Å². The van der Waals surface area contributed by atoms with Crippen molar-refractivity contribution in [1.82, 2.24) is 15.1 Å². The SMILES string of the molecule is Cc1cn[nH]c1C1CCCN1CC1CC1. The molecular weight excluding hydrogens is 186 g/mol. The minimum absolute atomic E-state index is 0.619. The van der Waals surface area contributed by atoms with Crippen LogP contribution >= 0.6 is 0 Å². The van der Waals surface area contributed by atoms with Crippen LogP contribution in [0.3, 0.4) is 0 Å². The number of aromatic nitrogens is 2. The topological polar surface area (TPSA) is 31.9 Å². The highest BCUT2D eigenvalue weighted by Crippen LogP contribution is 2.37. The van der Waals surface area contributed by atoms with Crippen LogP contribution in [0.15, 0.2) is 6.20 Å². The molecule has 82 valence electrons. The number of hydrogen-bond acceptors (Lipinski definition) is 2. The quantitative estimate of drug-likeness (QED) is 0.821. The lowest BCUT2D eigenvalue weighted by molar-refractivity contribution is 0.242. The summed E-state index contributed by atoms with van der Waals surface area (Å²) in [5, 5.41) is 7.32. The minimum Gasteiger partial charge on any atom is -0.295 e. The second-order valence-electron chi connectivity index (χ2n) is 5.06. The maximum Gasteiger partial charge on any atom is 0.0552 e. The van der Waals surface area contributed by atoms with Gasteiger partial charge in [-0.15, -0.1) is 0 Å². The van der Waals surface area contributed by atoms with Gasteiger partial charge < -0.3 is 0 Å². The molecule has 0 aromatic carbocycles. The van der Waals surface area contributed by atoms with Gasteiger partial charge >= 0.3 is 0 Å². The number of nitrogens with zero attached hydrogens (tertiary/aromatic N) is 2. The average molecular weight is 205 g/mol. The van der Waals surface area contributed by atoms with Crippen LogP contribution in [-0.4, -0.2) is 28.2 Å². The standard InChI is InChI=1S/C12H19N3/c1-9-7-13-14-12(9)11-3-2-6-15(11)8-10-4-5-10/h7,10-11H,2-6,8H2,1H3,(H,13,14). The molecule has 3 nitrogen and oxygen atoms in total. The van der Waals surface area contributed by atoms with Gasteiger partial charge in [0.15, 0.2) is 0 Å². The minimum atomic E-state index is 0.619. The molecule has 1 aromatic rings. The molecular formula is C12H19N3. The van der Waals surface area contributed by atoms with Gasteiger partial charge in [-0.25, -0.2) is 0 Å². The molecule has 2 fully saturated rings. The van der Waals surface area contributed by atoms with Crippen molar-refractivity contribution >= 4 is 0 Å². The molecule has 0 bridgehead atoms. The smallest absolute Gasteiger partial charge is 0.0552 e. The zero-order chi connectivity index (χ0) is 10.3. The van der Waals surface area contributed by atoms with E-state index in [4.69, 9.17) is 0 Å². The normalized spacial score (nSPS) is 27.4. The number of hydrogen-bond donors (Lipinski definition) is 1. The van der Waals surface area contributed by atoms with Gasteiger partial charge in [0.2, 0.25) is 0 Å². The molecule has 0 amide bonds. The van der Waals surface area contributed by atoms with Gasteiger partial charge in [0, 0.05) is 6.54 Å². The second kappa shape index (κ2) is 3.63. The molecule has 1 saturated heterocycles. The lowest BCUT2D eigenvalue weighted by atomic mass is 10.1. The lowest BCUT2D eigenvalue weighted by Crippen LogP contribution is -2.26. The average Bonchev–Trinajstić information content (AvgIpc) is 2.74. The highest BCUT2D eigenvalue weighted by Gasteiger charge is 2.32. The van der Waals surface area contributed by atoms with Gasteiger partial charge in [-0.1, -0.05) is 0 Å². The Labute approximate surface area is 90.9 Å². The third kappa shape index (κ3) is 1.81. The molecule has 3 heteroatoms. The van der Waals surface area contributed by atoms with Crippen molar-refractivity contribution in [1.29, 1.82) is 0 Å². The fraction of sp³-hybridized carbons (Fsp3) is 0.750. The summed E-state index contributed by atoms with van der Waals surface area (Å²) in [6.07, 6.45) is 7.49. The Balaban J connectivity index is 1.75. The van der Waals surface area contributed by atoms with Crippen LogP contribution in [0.4, 0.5) is 0 Å². The van der Waals surface area contributed by atoms with Crippen molar-refractivity contribution in [3.8, 4) is 0 Å². The predicted octanol–water partition coefficient (Wildman–Crippen LogP) is 2.27. The van der Waals surface area contributed by atoms with Gasteiger partial charge in [0.1, 0.15) is 0 Å². The zero-order valence-corrected chi connectivity index (χ0v) is 9.37. The van der Waals surface area contributed by atoms with Gasteiger partial charge in [-0.2, -0.15) is 5.10 Å². The van der Waals surface area contributed by atoms with E-state index in [-0.39, 0.29) is 0 Å². The Morgan fingerprint density at radius 1 is 1.47 bits per heavy atom. The maximum absolute atomic E-state index is 4.14. The van der Waals surface area contributed by atoms with E-state index in [0.717, 1.165) is 5.92 Å². The third-order valence-corrected chi connectivity index (χ3v) is 3.75. The van der Waals surface area contributed by atoms with Crippen LogP contribution in [-0.2, 0) is 0 Å². The van der Waals surface area contributed by atoms with Crippen LogP contribution in [0.2, 0.25) is 0 Å². The van der Waals surface area contributed by atoms with E-state index in [9.17, 15) is 0 Å². The van der Waals surface area contributed by atoms with Crippen LogP contribution < -0.4 is 0 Å². The number of H-pyrrole nitrogens is 1. The molecule has 1 saturated carbocycles. The largest absolute Gasteiger partial charge is 0.295 e. The van der Waals surface area contributed by atoms with E-state index in [1.54, 1.807) is 0 Å². The predicted molar refractivity (Wildman–Crippen MR) is 59.6 cm³/mol. The van der Waals surface area contributed by atoms with Crippen molar-refractivity contribution in [2.24, 2.45) is 5.92 Å². The molecule has 1 aliphatic heterocycles. The first-order chi connectivity index (χ1) is 7.34. The van der Waals surface area contributed by atoms with E-state index >= 15 is 0 Å². The molecule has 1 aliphatic carbocycles. The van der Waals surface area contributed by atoms with Crippen LogP contribution in [0, 0.1) is 12.8 Å². The molecule has 3 rings (SSSR count). The molecule has 0 radical (unpaired) electrons. The Morgan fingerprint density at radius 2 is 2.33 bits per heavy atom. The Morgan fingerprint density at radius 3 is 3.00 bits per heavy atom. The highest BCUT2D eigenvalue weighted by molar-refractivity contribution is 5.19. The first-order valence-corrected chi connectivity index (χ1v) is 6.08. The van der Waals surface area contributed by atoms with Crippen LogP contribution in [0.5, 0.6) is 0 Å². The fourth-order valence-electron chi connectivity index (χ4n) is 2.70. The molecule has 2 heterocycles. The van der Waals surface area contributed by atoms with Gasteiger partial charge in [0.05, 0.1) is 17.9 Å². The summed E-state index contributed by atoms with van der Waals surface area (Å²) >= 11 is 0. The third-order valence-electron chi connectivity index (χ3n) is 3.75. The van der Waals surface area contributed by atoms with E-state index < -0.39 is 0 Å². The van der Waals surface area contributed by atoms with Gasteiger partial charge in [-0.3, -0.25) is 10.00 Å². The Bertz CT molecular complexity index is 340. The van der Waals surface area contributed by atoms with Crippen LogP contribution in [0.1, 0.15) is 43.0 Å². The highest BCUT2D eigenvalue weighted by atomic mass is 15.2. The monoisotopic (exact) mass is 205 g/mol. The van der Waals surface area contributed by atoms with Crippen molar-refractivity contribution < 1.29 is 0 Å². The number of nitrogens with one attached hydrogen (secondary N) is 1. The summed E-state index contributed by atoms with van der Waals surface area (Å²) in [4.78, 5) is 2.65. The number of aromatic amines is 1. The van der Waals surface area contributed by atoms with Crippen molar-refractivity contribution in [2.45, 2.75) is 38.6 Å². The van der Waals surface area contributed by atoms with Crippen molar-refractivity contribution in [3.63, 3.8) is 0 Å². The summed E-state index contributed by atoms with van der Waals surface area (Å²) in [5.74, 6) is 0.994. The first-order valence-electron chi connectivity index (χ1n) is 6.08. The Hall–Kier alpha value is -0.830. The van der Waals surface area contributed by atoms with Crippen molar-refractivity contribution in [2.75, 3.05) is 13.1 Å².